The maximum atomic E-state index is 10.3. The number of nitrogens with zero attached hydrogens (tertiary/aromatic N) is 1. The monoisotopic (exact) mass is 527 g/mol. The molecule has 7 heteroatoms. The lowest BCUT2D eigenvalue weighted by Gasteiger charge is -2.24. The Morgan fingerprint density at radius 3 is 2.84 bits per heavy atom. The second-order valence-electron chi connectivity index (χ2n) is 10.5. The number of nitrogens with one attached hydrogen (secondary N) is 1. The maximum Gasteiger partial charge on any atom is 0.178 e. The molecule has 0 saturated carbocycles. The summed E-state index contributed by atoms with van der Waals surface area (Å²) in [6.45, 7) is 7.21. The number of aliphatic hydroxyl groups excluding tert-OH is 2. The molecule has 0 saturated heterocycles. The van der Waals surface area contributed by atoms with Gasteiger partial charge in [0.25, 0.3) is 0 Å². The van der Waals surface area contributed by atoms with Crippen LogP contribution in [0, 0.1) is 17.9 Å². The first-order valence-corrected chi connectivity index (χ1v) is 14.2. The van der Waals surface area contributed by atoms with E-state index in [1.54, 1.807) is 13.0 Å². The van der Waals surface area contributed by atoms with Crippen LogP contribution in [-0.4, -0.2) is 64.3 Å². The number of aryl methyl sites for hydroxylation is 1. The van der Waals surface area contributed by atoms with Crippen LogP contribution in [-0.2, 0) is 6.42 Å². The molecule has 0 spiro atoms. The highest BCUT2D eigenvalue weighted by Gasteiger charge is 2.33. The molecule has 5 N–H and O–H groups in total. The fraction of sp³-hybridized carbons (Fsp3) is 0.581. The van der Waals surface area contributed by atoms with Gasteiger partial charge in [0, 0.05) is 25.6 Å². The van der Waals surface area contributed by atoms with Crippen molar-refractivity contribution in [1.82, 2.24) is 5.32 Å². The van der Waals surface area contributed by atoms with Crippen LogP contribution in [0.3, 0.4) is 0 Å². The summed E-state index contributed by atoms with van der Waals surface area (Å²) in [6.07, 6.45) is 16.9. The molecule has 2 heterocycles. The van der Waals surface area contributed by atoms with E-state index >= 15 is 0 Å². The van der Waals surface area contributed by atoms with Crippen LogP contribution in [0.1, 0.15) is 71.3 Å². The van der Waals surface area contributed by atoms with Crippen molar-refractivity contribution in [3.05, 3.63) is 59.7 Å². The molecule has 4 atom stereocenters. The summed E-state index contributed by atoms with van der Waals surface area (Å²) in [6, 6.07) is 5.72. The van der Waals surface area contributed by atoms with Gasteiger partial charge in [-0.25, -0.2) is 0 Å². The van der Waals surface area contributed by atoms with Crippen LogP contribution in [0.25, 0.3) is 0 Å². The van der Waals surface area contributed by atoms with Gasteiger partial charge in [0.05, 0.1) is 24.5 Å². The Labute approximate surface area is 228 Å². The molecule has 0 radical (unpaired) electrons. The van der Waals surface area contributed by atoms with Crippen molar-refractivity contribution in [2.24, 2.45) is 10.9 Å². The highest BCUT2D eigenvalue weighted by atomic mass is 16.5. The van der Waals surface area contributed by atoms with Crippen LogP contribution in [0.15, 0.2) is 47.1 Å². The average Bonchev–Trinajstić information content (AvgIpc) is 3.57. The van der Waals surface area contributed by atoms with Gasteiger partial charge in [-0.3, -0.25) is 0 Å². The summed E-state index contributed by atoms with van der Waals surface area (Å²) < 4.78 is 10.8. The van der Waals surface area contributed by atoms with Gasteiger partial charge in [0.1, 0.15) is 30.9 Å². The van der Waals surface area contributed by atoms with Gasteiger partial charge in [0.2, 0.25) is 0 Å². The predicted octanol–water partition coefficient (Wildman–Crippen LogP) is 4.57. The molecule has 2 aliphatic rings. The van der Waals surface area contributed by atoms with E-state index in [1.807, 2.05) is 18.3 Å². The standard InChI is InChI=1S/C31H46N2O5/c1-4-5-7-27-12-13-28(38-27)11-9-24-10-14-30(36)31(18-24)37-17-15-26-19-25(21-32-26)23(3)29(8-6-16-34)33-20-22(2)35/h10,12-14,18-19,21-23,27,29,33-35,38H,4-9,11,15-17,20H2,1-3H3/p+1/t22-,23-,27?,29-/m0/s1. The molecule has 1 unspecified atom stereocenters. The van der Waals surface area contributed by atoms with E-state index in [9.17, 15) is 15.3 Å². The van der Waals surface area contributed by atoms with E-state index < -0.39 is 6.10 Å². The zero-order valence-electron chi connectivity index (χ0n) is 23.3. The van der Waals surface area contributed by atoms with Crippen molar-refractivity contribution >= 4 is 6.21 Å². The van der Waals surface area contributed by atoms with Crippen LogP contribution in [0.5, 0.6) is 11.5 Å². The SMILES string of the molecule is CCCCC1C=C[C-](CCc2ccc(O)c(OCCC3=C[C+]([C@H](C)[C@H](CCCO)NC[C@H](C)O)C=N3)c2)[OH+]1. The zero-order chi connectivity index (χ0) is 27.3. The van der Waals surface area contributed by atoms with Gasteiger partial charge in [-0.2, -0.15) is 0 Å². The number of rotatable bonds is 18. The molecule has 1 aromatic carbocycles. The number of ether oxygens (including phenoxy) is 2. The fourth-order valence-electron chi connectivity index (χ4n) is 4.82. The highest BCUT2D eigenvalue weighted by molar-refractivity contribution is 5.83. The molecular formula is C31H47N2O5+. The first-order valence-electron chi connectivity index (χ1n) is 14.2. The molecule has 0 fully saturated rings. The number of phenolic OH excluding ortho intramolecular Hbond substituents is 1. The molecule has 1 aromatic rings. The third-order valence-electron chi connectivity index (χ3n) is 7.20. The first kappa shape index (κ1) is 30.1. The third-order valence-corrected chi connectivity index (χ3v) is 7.20. The lowest BCUT2D eigenvalue weighted by Crippen LogP contribution is -2.41. The number of phenols is 1. The first-order chi connectivity index (χ1) is 18.4. The Balaban J connectivity index is 1.45. The van der Waals surface area contributed by atoms with Crippen molar-refractivity contribution in [2.45, 2.75) is 90.4 Å². The Morgan fingerprint density at radius 2 is 2.08 bits per heavy atom. The van der Waals surface area contributed by atoms with Crippen molar-refractivity contribution < 1.29 is 24.8 Å². The molecule has 210 valence electrons. The van der Waals surface area contributed by atoms with E-state index in [-0.39, 0.29) is 24.3 Å². The molecule has 7 nitrogen and oxygen atoms in total. The summed E-state index contributed by atoms with van der Waals surface area (Å²) in [5.41, 5.74) is 2.06. The number of hydrogen-bond acceptors (Lipinski definition) is 6. The van der Waals surface area contributed by atoms with Gasteiger partial charge >= 0.3 is 0 Å². The normalized spacial score (nSPS) is 19.2. The van der Waals surface area contributed by atoms with Crippen molar-refractivity contribution in [1.29, 1.82) is 0 Å². The molecule has 38 heavy (non-hydrogen) atoms. The van der Waals surface area contributed by atoms with E-state index in [2.05, 4.69) is 42.4 Å². The molecule has 0 aliphatic carbocycles. The van der Waals surface area contributed by atoms with Gasteiger partial charge in [-0.15, -0.1) is 17.1 Å². The van der Waals surface area contributed by atoms with E-state index in [1.165, 1.54) is 12.8 Å². The summed E-state index contributed by atoms with van der Waals surface area (Å²) >= 11 is 0. The van der Waals surface area contributed by atoms with E-state index in [0.717, 1.165) is 49.0 Å². The number of hydrogen-bond donors (Lipinski definition) is 4. The van der Waals surface area contributed by atoms with Gasteiger partial charge in [0.15, 0.2) is 17.2 Å². The van der Waals surface area contributed by atoms with Gasteiger partial charge < -0.3 is 30.1 Å². The second-order valence-corrected chi connectivity index (χ2v) is 10.5. The van der Waals surface area contributed by atoms with Crippen LogP contribution in [0.2, 0.25) is 0 Å². The molecule has 0 bridgehead atoms. The Kier molecular flexibility index (Phi) is 12.5. The molecular weight excluding hydrogens is 480 g/mol. The molecule has 0 aromatic heterocycles. The predicted molar refractivity (Wildman–Crippen MR) is 153 cm³/mol. The Morgan fingerprint density at radius 1 is 1.24 bits per heavy atom. The van der Waals surface area contributed by atoms with Crippen LogP contribution >= 0.6 is 0 Å². The fourth-order valence-corrected chi connectivity index (χ4v) is 4.82. The van der Waals surface area contributed by atoms with Gasteiger partial charge in [-0.05, 0) is 63.6 Å². The average molecular weight is 528 g/mol. The smallest absolute Gasteiger partial charge is 0.178 e. The van der Waals surface area contributed by atoms with Crippen molar-refractivity contribution in [2.75, 3.05) is 19.8 Å². The van der Waals surface area contributed by atoms with Crippen LogP contribution in [0.4, 0.5) is 0 Å². The minimum atomic E-state index is -0.421. The van der Waals surface area contributed by atoms with E-state index in [4.69, 9.17) is 9.47 Å². The quantitative estimate of drug-likeness (QED) is 0.165. The van der Waals surface area contributed by atoms with Crippen molar-refractivity contribution in [3.8, 4) is 11.5 Å². The largest absolute Gasteiger partial charge is 0.504 e. The summed E-state index contributed by atoms with van der Waals surface area (Å²) in [5, 5.41) is 32.7. The summed E-state index contributed by atoms with van der Waals surface area (Å²) in [4.78, 5) is 4.58. The third kappa shape index (κ3) is 9.70. The second kappa shape index (κ2) is 15.8. The lowest BCUT2D eigenvalue weighted by molar-refractivity contribution is -0.0480. The molecule has 2 aliphatic heterocycles. The maximum absolute atomic E-state index is 10.3. The number of aliphatic imine (C=N–C) groups is 1. The molecule has 3 rings (SSSR count). The van der Waals surface area contributed by atoms with E-state index in [0.29, 0.717) is 37.8 Å². The Bertz CT molecular complexity index is 929. The molecule has 0 amide bonds. The van der Waals surface area contributed by atoms with Crippen molar-refractivity contribution in [3.63, 3.8) is 0 Å². The minimum Gasteiger partial charge on any atom is -0.504 e. The number of benzene rings is 1. The summed E-state index contributed by atoms with van der Waals surface area (Å²) in [7, 11) is 0. The number of unbranched alkanes of at least 4 members (excludes halogenated alkanes) is 1. The number of aliphatic hydroxyl groups is 4. The number of allylic oxidation sites excluding steroid dienone is 1. The minimum absolute atomic E-state index is 0.146. The zero-order valence-corrected chi connectivity index (χ0v) is 23.3. The number of aromatic hydroxyl groups is 1. The lowest BCUT2D eigenvalue weighted by atomic mass is 9.86. The topological polar surface area (TPSA) is 107 Å². The highest BCUT2D eigenvalue weighted by Crippen LogP contribution is 2.31. The van der Waals surface area contributed by atoms with Crippen LogP contribution < -0.4 is 10.1 Å². The van der Waals surface area contributed by atoms with Gasteiger partial charge in [-0.1, -0.05) is 19.4 Å². The Hall–Kier alpha value is -2.45. The summed E-state index contributed by atoms with van der Waals surface area (Å²) in [5.74, 6) is 1.97.